The molecule has 0 atom stereocenters. The van der Waals surface area contributed by atoms with E-state index in [9.17, 15) is 21.6 Å². The fourth-order valence-electron chi connectivity index (χ4n) is 2.34. The Bertz CT molecular complexity index is 1090. The summed E-state index contributed by atoms with van der Waals surface area (Å²) in [5, 5.41) is -0.211. The topological polar surface area (TPSA) is 64.8 Å². The van der Waals surface area contributed by atoms with E-state index in [1.165, 1.54) is 23.6 Å². The van der Waals surface area contributed by atoms with Gasteiger partial charge in [-0.3, -0.25) is 0 Å². The van der Waals surface area contributed by atoms with Crippen LogP contribution in [0.15, 0.2) is 28.3 Å². The highest BCUT2D eigenvalue weighted by Gasteiger charge is 2.30. The Morgan fingerprint density at radius 1 is 1.35 bits per heavy atom. The molecular formula is C14H11F3IN3O2S3. The number of hydrogen-bond donors (Lipinski definition) is 0. The highest BCUT2D eigenvalue weighted by molar-refractivity contribution is 14.1. The lowest BCUT2D eigenvalue weighted by Crippen LogP contribution is -2.04. The minimum atomic E-state index is -4.44. The maximum Gasteiger partial charge on any atom is 0.447 e. The second-order valence-electron chi connectivity index (χ2n) is 5.20. The summed E-state index contributed by atoms with van der Waals surface area (Å²) in [6.45, 7) is 1.56. The highest BCUT2D eigenvalue weighted by atomic mass is 127. The third-order valence-electron chi connectivity index (χ3n) is 3.55. The lowest BCUT2D eigenvalue weighted by atomic mass is 10.4. The fourth-order valence-corrected chi connectivity index (χ4v) is 6.40. The van der Waals surface area contributed by atoms with Crippen molar-refractivity contribution in [3.63, 3.8) is 0 Å². The van der Waals surface area contributed by atoms with Gasteiger partial charge in [0.2, 0.25) is 0 Å². The first-order chi connectivity index (χ1) is 12.0. The number of aromatic nitrogens is 3. The minimum absolute atomic E-state index is 0.0509. The molecule has 0 aliphatic heterocycles. The highest BCUT2D eigenvalue weighted by Crippen LogP contribution is 2.39. The van der Waals surface area contributed by atoms with Crippen LogP contribution in [0.1, 0.15) is 6.92 Å². The number of hydrogen-bond acceptors (Lipinski definition) is 6. The number of aryl methyl sites for hydroxylation is 1. The summed E-state index contributed by atoms with van der Waals surface area (Å²) in [5.74, 6) is 0.334. The fraction of sp³-hybridized carbons (Fsp3) is 0.286. The SMILES string of the molecule is CCS(=O)(=O)c1cc(I)sc1-c1nc2cc(SC(F)(F)F)ncc2n1C. The number of fused-ring (bicyclic) bond motifs is 1. The minimum Gasteiger partial charge on any atom is -0.325 e. The molecule has 5 nitrogen and oxygen atoms in total. The summed E-state index contributed by atoms with van der Waals surface area (Å²) in [4.78, 5) is 8.86. The zero-order chi connectivity index (χ0) is 19.3. The normalized spacial score (nSPS) is 12.8. The third kappa shape index (κ3) is 3.87. The molecule has 3 rings (SSSR count). The van der Waals surface area contributed by atoms with Crippen LogP contribution in [0, 0.1) is 2.88 Å². The van der Waals surface area contributed by atoms with Crippen molar-refractivity contribution in [2.24, 2.45) is 7.05 Å². The standard InChI is InChI=1S/C14H11F3IN3O2S3/c1-3-26(22,23)9-5-10(18)24-12(9)13-20-7-4-11(25-14(15,16)17)19-6-8(7)21(13)2/h4-6H,3H2,1-2H3. The van der Waals surface area contributed by atoms with Crippen LogP contribution in [-0.2, 0) is 16.9 Å². The van der Waals surface area contributed by atoms with Gasteiger partial charge in [0.05, 0.1) is 35.6 Å². The maximum absolute atomic E-state index is 12.5. The predicted octanol–water partition coefficient (Wildman–Crippen LogP) is 4.71. The second-order valence-corrected chi connectivity index (χ2v) is 11.5. The summed E-state index contributed by atoms with van der Waals surface area (Å²) in [6.07, 6.45) is 1.31. The molecule has 140 valence electrons. The number of thiophene rings is 1. The first-order valence-corrected chi connectivity index (χ1v) is 11.5. The van der Waals surface area contributed by atoms with Gasteiger partial charge in [-0.15, -0.1) is 11.3 Å². The number of halogens is 4. The molecule has 0 bridgehead atoms. The van der Waals surface area contributed by atoms with Gasteiger partial charge in [-0.05, 0) is 34.7 Å². The Kier molecular flexibility index (Phi) is 5.31. The van der Waals surface area contributed by atoms with Crippen LogP contribution < -0.4 is 0 Å². The van der Waals surface area contributed by atoms with E-state index < -0.39 is 15.3 Å². The number of nitrogens with zero attached hydrogens (tertiary/aromatic N) is 3. The van der Waals surface area contributed by atoms with E-state index in [0.29, 0.717) is 21.7 Å². The number of pyridine rings is 1. The van der Waals surface area contributed by atoms with Gasteiger partial charge < -0.3 is 4.57 Å². The molecule has 0 spiro atoms. The van der Waals surface area contributed by atoms with Crippen LogP contribution in [0.5, 0.6) is 0 Å². The lowest BCUT2D eigenvalue weighted by Gasteiger charge is -2.05. The van der Waals surface area contributed by atoms with Crippen LogP contribution in [0.25, 0.3) is 21.7 Å². The van der Waals surface area contributed by atoms with Gasteiger partial charge >= 0.3 is 5.51 Å². The van der Waals surface area contributed by atoms with Gasteiger partial charge in [-0.25, -0.2) is 18.4 Å². The summed E-state index contributed by atoms with van der Waals surface area (Å²) in [6, 6.07) is 2.84. The summed E-state index contributed by atoms with van der Waals surface area (Å²) >= 11 is 2.99. The van der Waals surface area contributed by atoms with E-state index in [0.717, 1.165) is 2.88 Å². The number of imidazole rings is 1. The van der Waals surface area contributed by atoms with Crippen molar-refractivity contribution in [2.45, 2.75) is 22.4 Å². The molecule has 0 fully saturated rings. The molecule has 0 saturated heterocycles. The quantitative estimate of drug-likeness (QED) is 0.359. The summed E-state index contributed by atoms with van der Waals surface area (Å²) in [7, 11) is -1.78. The average Bonchev–Trinajstić information content (AvgIpc) is 3.06. The summed E-state index contributed by atoms with van der Waals surface area (Å²) in [5.41, 5.74) is -3.59. The Morgan fingerprint density at radius 2 is 2.04 bits per heavy atom. The van der Waals surface area contributed by atoms with E-state index in [1.807, 2.05) is 22.6 Å². The van der Waals surface area contributed by atoms with Gasteiger partial charge in [0.1, 0.15) is 5.03 Å². The van der Waals surface area contributed by atoms with Crippen molar-refractivity contribution in [3.8, 4) is 10.7 Å². The largest absolute Gasteiger partial charge is 0.447 e. The van der Waals surface area contributed by atoms with Crippen LogP contribution in [0.2, 0.25) is 0 Å². The van der Waals surface area contributed by atoms with Gasteiger partial charge in [-0.1, -0.05) is 6.92 Å². The van der Waals surface area contributed by atoms with Gasteiger partial charge in [0.15, 0.2) is 15.7 Å². The predicted molar refractivity (Wildman–Crippen MR) is 104 cm³/mol. The molecule has 0 aromatic carbocycles. The maximum atomic E-state index is 12.5. The lowest BCUT2D eigenvalue weighted by molar-refractivity contribution is -0.0329. The van der Waals surface area contributed by atoms with Crippen LogP contribution >= 0.6 is 45.7 Å². The van der Waals surface area contributed by atoms with Crippen molar-refractivity contribution < 1.29 is 21.6 Å². The van der Waals surface area contributed by atoms with Crippen molar-refractivity contribution in [1.29, 1.82) is 0 Å². The smallest absolute Gasteiger partial charge is 0.325 e. The van der Waals surface area contributed by atoms with Gasteiger partial charge in [0, 0.05) is 18.8 Å². The van der Waals surface area contributed by atoms with E-state index in [2.05, 4.69) is 9.97 Å². The Labute approximate surface area is 169 Å². The molecule has 3 heterocycles. The van der Waals surface area contributed by atoms with E-state index in [4.69, 9.17) is 0 Å². The average molecular weight is 533 g/mol. The molecule has 0 radical (unpaired) electrons. The molecule has 0 aliphatic carbocycles. The molecule has 26 heavy (non-hydrogen) atoms. The number of alkyl halides is 3. The van der Waals surface area contributed by atoms with Crippen molar-refractivity contribution >= 4 is 66.6 Å². The van der Waals surface area contributed by atoms with Crippen LogP contribution in [0.4, 0.5) is 13.2 Å². The molecule has 0 amide bonds. The molecule has 0 N–H and O–H groups in total. The first-order valence-electron chi connectivity index (χ1n) is 7.12. The first kappa shape index (κ1) is 19.9. The Hall–Kier alpha value is -0.860. The molecule has 3 aromatic rings. The van der Waals surface area contributed by atoms with Crippen molar-refractivity contribution in [3.05, 3.63) is 21.2 Å². The van der Waals surface area contributed by atoms with Gasteiger partial charge in [-0.2, -0.15) is 13.2 Å². The molecule has 0 unspecified atom stereocenters. The van der Waals surface area contributed by atoms with Crippen LogP contribution in [-0.4, -0.2) is 34.2 Å². The zero-order valence-corrected chi connectivity index (χ0v) is 17.9. The van der Waals surface area contributed by atoms with Crippen molar-refractivity contribution in [2.75, 3.05) is 5.75 Å². The monoisotopic (exact) mass is 533 g/mol. The Balaban J connectivity index is 2.17. The Morgan fingerprint density at radius 3 is 2.65 bits per heavy atom. The second kappa shape index (κ2) is 6.95. The number of sulfone groups is 1. The van der Waals surface area contributed by atoms with E-state index >= 15 is 0 Å². The van der Waals surface area contributed by atoms with Crippen LogP contribution in [0.3, 0.4) is 0 Å². The molecule has 0 saturated carbocycles. The molecule has 0 aliphatic rings. The third-order valence-corrected chi connectivity index (χ3v) is 7.99. The van der Waals surface area contributed by atoms with Gasteiger partial charge in [0.25, 0.3) is 0 Å². The molecule has 12 heteroatoms. The van der Waals surface area contributed by atoms with E-state index in [-0.39, 0.29) is 27.4 Å². The molecule has 3 aromatic heterocycles. The van der Waals surface area contributed by atoms with E-state index in [1.54, 1.807) is 24.6 Å². The zero-order valence-electron chi connectivity index (χ0n) is 13.3. The number of thioether (sulfide) groups is 1. The summed E-state index contributed by atoms with van der Waals surface area (Å²) < 4.78 is 64.8. The number of rotatable bonds is 4. The van der Waals surface area contributed by atoms with Crippen molar-refractivity contribution in [1.82, 2.24) is 14.5 Å². The molecular weight excluding hydrogens is 522 g/mol.